The van der Waals surface area contributed by atoms with E-state index in [-0.39, 0.29) is 5.69 Å². The summed E-state index contributed by atoms with van der Waals surface area (Å²) >= 11 is 3.48. The Balaban J connectivity index is 2.18. The number of para-hydroxylation sites is 1. The number of hydrogen-bond acceptors (Lipinski definition) is 1. The van der Waals surface area contributed by atoms with Crippen molar-refractivity contribution in [1.82, 2.24) is 9.55 Å². The molecule has 4 heteroatoms. The Labute approximate surface area is 108 Å². The molecule has 1 aromatic carbocycles. The normalized spacial score (nSPS) is 17.7. The summed E-state index contributed by atoms with van der Waals surface area (Å²) in [5.41, 5.74) is 1.97. The van der Waals surface area contributed by atoms with Gasteiger partial charge in [0.2, 0.25) is 0 Å². The third-order valence-corrected chi connectivity index (χ3v) is 4.30. The first-order chi connectivity index (χ1) is 8.27. The van der Waals surface area contributed by atoms with Gasteiger partial charge in [-0.2, -0.15) is 0 Å². The summed E-state index contributed by atoms with van der Waals surface area (Å²) in [4.78, 5) is 15.0. The van der Waals surface area contributed by atoms with Crippen molar-refractivity contribution in [2.75, 3.05) is 0 Å². The monoisotopic (exact) mass is 294 g/mol. The zero-order valence-corrected chi connectivity index (χ0v) is 11.2. The Bertz CT molecular complexity index is 593. The average molecular weight is 295 g/mol. The van der Waals surface area contributed by atoms with Crippen LogP contribution in [-0.4, -0.2) is 9.55 Å². The van der Waals surface area contributed by atoms with Gasteiger partial charge in [-0.3, -0.25) is 4.57 Å². The smallest absolute Gasteiger partial charge is 0.305 e. The Morgan fingerprint density at radius 2 is 2.00 bits per heavy atom. The molecule has 1 N–H and O–H groups in total. The number of rotatable bonds is 1. The topological polar surface area (TPSA) is 37.8 Å². The number of halogens is 1. The second-order valence-electron chi connectivity index (χ2n) is 4.73. The molecule has 0 aliphatic heterocycles. The predicted octanol–water partition coefficient (Wildman–Crippen LogP) is 3.60. The highest BCUT2D eigenvalue weighted by molar-refractivity contribution is 9.10. The number of aromatic nitrogens is 2. The molecule has 0 saturated heterocycles. The molecule has 1 saturated carbocycles. The fraction of sp³-hybridized carbons (Fsp3) is 0.462. The molecule has 0 bridgehead atoms. The number of fused-ring (bicyclic) bond motifs is 1. The number of H-pyrrole nitrogens is 1. The van der Waals surface area contributed by atoms with Crippen LogP contribution in [0.2, 0.25) is 0 Å². The largest absolute Gasteiger partial charge is 0.326 e. The van der Waals surface area contributed by atoms with Crippen LogP contribution in [0.5, 0.6) is 0 Å². The molecule has 0 amide bonds. The van der Waals surface area contributed by atoms with E-state index in [1.807, 2.05) is 22.8 Å². The van der Waals surface area contributed by atoms with Crippen molar-refractivity contribution in [3.05, 3.63) is 33.2 Å². The van der Waals surface area contributed by atoms with Gasteiger partial charge in [-0.1, -0.05) is 25.3 Å². The molecule has 3 nitrogen and oxygen atoms in total. The van der Waals surface area contributed by atoms with Crippen LogP contribution in [0.4, 0.5) is 0 Å². The Kier molecular flexibility index (Phi) is 2.82. The molecule has 0 unspecified atom stereocenters. The number of aromatic amines is 1. The quantitative estimate of drug-likeness (QED) is 0.857. The Morgan fingerprint density at radius 1 is 1.24 bits per heavy atom. The number of nitrogens with one attached hydrogen (secondary N) is 1. The SMILES string of the molecule is O=c1[nH]c2c(Br)cccc2n1C1CCCCC1. The lowest BCUT2D eigenvalue weighted by Crippen LogP contribution is -2.23. The molecule has 1 aliphatic carbocycles. The van der Waals surface area contributed by atoms with E-state index < -0.39 is 0 Å². The number of hydrogen-bond donors (Lipinski definition) is 1. The van der Waals surface area contributed by atoms with Gasteiger partial charge >= 0.3 is 5.69 Å². The van der Waals surface area contributed by atoms with Gasteiger partial charge in [0, 0.05) is 10.5 Å². The third-order valence-electron chi connectivity index (χ3n) is 3.64. The van der Waals surface area contributed by atoms with Gasteiger partial charge in [0.25, 0.3) is 0 Å². The van der Waals surface area contributed by atoms with Gasteiger partial charge in [-0.05, 0) is 40.9 Å². The van der Waals surface area contributed by atoms with E-state index in [1.165, 1.54) is 19.3 Å². The van der Waals surface area contributed by atoms with Crippen LogP contribution in [-0.2, 0) is 0 Å². The highest BCUT2D eigenvalue weighted by Gasteiger charge is 2.20. The lowest BCUT2D eigenvalue weighted by Gasteiger charge is -2.22. The molecule has 1 heterocycles. The summed E-state index contributed by atoms with van der Waals surface area (Å²) in [5, 5.41) is 0. The van der Waals surface area contributed by atoms with E-state index in [0.717, 1.165) is 28.3 Å². The highest BCUT2D eigenvalue weighted by Crippen LogP contribution is 2.30. The average Bonchev–Trinajstić information content (AvgIpc) is 2.68. The van der Waals surface area contributed by atoms with E-state index in [4.69, 9.17) is 0 Å². The van der Waals surface area contributed by atoms with Gasteiger partial charge in [-0.25, -0.2) is 4.79 Å². The molecule has 2 aromatic rings. The fourth-order valence-electron chi connectivity index (χ4n) is 2.82. The molecule has 90 valence electrons. The van der Waals surface area contributed by atoms with E-state index in [2.05, 4.69) is 20.9 Å². The molecule has 0 radical (unpaired) electrons. The van der Waals surface area contributed by atoms with Gasteiger partial charge in [-0.15, -0.1) is 0 Å². The first-order valence-electron chi connectivity index (χ1n) is 6.16. The van der Waals surface area contributed by atoms with Gasteiger partial charge in [0.1, 0.15) is 0 Å². The third kappa shape index (κ3) is 1.84. The zero-order chi connectivity index (χ0) is 11.8. The fourth-order valence-corrected chi connectivity index (χ4v) is 3.27. The number of benzene rings is 1. The standard InChI is InChI=1S/C13H15BrN2O/c14-10-7-4-8-11-12(10)15-13(17)16(11)9-5-2-1-3-6-9/h4,7-9H,1-3,5-6H2,(H,15,17). The van der Waals surface area contributed by atoms with Crippen LogP contribution in [0.1, 0.15) is 38.1 Å². The van der Waals surface area contributed by atoms with Crippen molar-refractivity contribution < 1.29 is 0 Å². The minimum atomic E-state index is 0.0267. The number of nitrogens with zero attached hydrogens (tertiary/aromatic N) is 1. The zero-order valence-electron chi connectivity index (χ0n) is 9.58. The minimum Gasteiger partial charge on any atom is -0.305 e. The van der Waals surface area contributed by atoms with Crippen molar-refractivity contribution in [2.45, 2.75) is 38.1 Å². The van der Waals surface area contributed by atoms with Gasteiger partial charge in [0.05, 0.1) is 11.0 Å². The first-order valence-corrected chi connectivity index (χ1v) is 6.95. The van der Waals surface area contributed by atoms with Crippen molar-refractivity contribution >= 4 is 27.0 Å². The molecule has 1 fully saturated rings. The van der Waals surface area contributed by atoms with Crippen LogP contribution in [0.25, 0.3) is 11.0 Å². The van der Waals surface area contributed by atoms with Gasteiger partial charge in [0.15, 0.2) is 0 Å². The molecule has 0 spiro atoms. The molecule has 17 heavy (non-hydrogen) atoms. The summed E-state index contributed by atoms with van der Waals surface area (Å²) < 4.78 is 2.90. The second kappa shape index (κ2) is 4.33. The molecule has 1 aromatic heterocycles. The summed E-state index contributed by atoms with van der Waals surface area (Å²) in [5.74, 6) is 0. The van der Waals surface area contributed by atoms with Crippen molar-refractivity contribution in [3.8, 4) is 0 Å². The van der Waals surface area contributed by atoms with Crippen LogP contribution >= 0.6 is 15.9 Å². The van der Waals surface area contributed by atoms with Crippen molar-refractivity contribution in [1.29, 1.82) is 0 Å². The summed E-state index contributed by atoms with van der Waals surface area (Å²) in [7, 11) is 0. The maximum Gasteiger partial charge on any atom is 0.326 e. The maximum atomic E-state index is 12.1. The van der Waals surface area contributed by atoms with Crippen LogP contribution in [0.15, 0.2) is 27.5 Å². The second-order valence-corrected chi connectivity index (χ2v) is 5.58. The molecule has 3 rings (SSSR count). The van der Waals surface area contributed by atoms with E-state index in [1.54, 1.807) is 0 Å². The lowest BCUT2D eigenvalue weighted by atomic mass is 9.95. The molecular formula is C13H15BrN2O. The summed E-state index contributed by atoms with van der Waals surface area (Å²) in [6, 6.07) is 6.34. The number of imidazole rings is 1. The van der Waals surface area contributed by atoms with Crippen LogP contribution < -0.4 is 5.69 Å². The Hall–Kier alpha value is -1.03. The van der Waals surface area contributed by atoms with E-state index in [0.29, 0.717) is 6.04 Å². The summed E-state index contributed by atoms with van der Waals surface area (Å²) in [6.45, 7) is 0. The highest BCUT2D eigenvalue weighted by atomic mass is 79.9. The van der Waals surface area contributed by atoms with Gasteiger partial charge < -0.3 is 4.98 Å². The molecular weight excluding hydrogens is 280 g/mol. The van der Waals surface area contributed by atoms with E-state index in [9.17, 15) is 4.79 Å². The lowest BCUT2D eigenvalue weighted by molar-refractivity contribution is 0.353. The Morgan fingerprint density at radius 3 is 2.76 bits per heavy atom. The first kappa shape index (κ1) is 11.1. The molecule has 0 atom stereocenters. The molecule has 1 aliphatic rings. The maximum absolute atomic E-state index is 12.1. The summed E-state index contributed by atoms with van der Waals surface area (Å²) in [6.07, 6.45) is 6.02. The minimum absolute atomic E-state index is 0.0267. The van der Waals surface area contributed by atoms with E-state index >= 15 is 0 Å². The predicted molar refractivity (Wildman–Crippen MR) is 72.4 cm³/mol. The van der Waals surface area contributed by atoms with Crippen molar-refractivity contribution in [2.24, 2.45) is 0 Å². The van der Waals surface area contributed by atoms with Crippen LogP contribution in [0, 0.1) is 0 Å². The van der Waals surface area contributed by atoms with Crippen LogP contribution in [0.3, 0.4) is 0 Å². The van der Waals surface area contributed by atoms with Crippen molar-refractivity contribution in [3.63, 3.8) is 0 Å².